The second-order valence-corrected chi connectivity index (χ2v) is 4.42. The fourth-order valence-corrected chi connectivity index (χ4v) is 2.16. The number of aromatic nitrogens is 1. The minimum atomic E-state index is -0.598. The third-order valence-corrected chi connectivity index (χ3v) is 3.26. The van der Waals surface area contributed by atoms with Gasteiger partial charge in [-0.2, -0.15) is 11.3 Å². The first kappa shape index (κ1) is 11.9. The molecule has 17 heavy (non-hydrogen) atoms. The molecule has 2 rings (SSSR count). The van der Waals surface area contributed by atoms with E-state index in [0.717, 1.165) is 5.56 Å². The first-order valence-corrected chi connectivity index (χ1v) is 6.02. The van der Waals surface area contributed by atoms with Gasteiger partial charge >= 0.3 is 5.97 Å². The van der Waals surface area contributed by atoms with Gasteiger partial charge in [0.15, 0.2) is 5.69 Å². The molecule has 0 amide bonds. The van der Waals surface area contributed by atoms with Gasteiger partial charge in [0.1, 0.15) is 0 Å². The Balaban J connectivity index is 2.57. The average Bonchev–Trinajstić information content (AvgIpc) is 2.85. The van der Waals surface area contributed by atoms with Gasteiger partial charge in [0, 0.05) is 10.9 Å². The summed E-state index contributed by atoms with van der Waals surface area (Å²) in [7, 11) is 1.27. The molecule has 6 heteroatoms. The molecule has 2 heterocycles. The van der Waals surface area contributed by atoms with Gasteiger partial charge in [0.05, 0.1) is 23.5 Å². The molecule has 0 bridgehead atoms. The largest absolute Gasteiger partial charge is 0.464 e. The van der Waals surface area contributed by atoms with Gasteiger partial charge in [-0.25, -0.2) is 9.78 Å². The van der Waals surface area contributed by atoms with E-state index in [1.54, 1.807) is 6.07 Å². The Bertz CT molecular complexity index is 555. The monoisotopic (exact) mass is 268 g/mol. The fraction of sp³-hybridized carbons (Fsp3) is 0.0909. The summed E-state index contributed by atoms with van der Waals surface area (Å²) in [5.41, 5.74) is 7.59. The van der Waals surface area contributed by atoms with Crippen LogP contribution in [-0.4, -0.2) is 18.1 Å². The van der Waals surface area contributed by atoms with Crippen molar-refractivity contribution < 1.29 is 9.53 Å². The number of nitrogens with zero attached hydrogens (tertiary/aromatic N) is 1. The number of rotatable bonds is 2. The van der Waals surface area contributed by atoms with Crippen LogP contribution in [0.2, 0.25) is 5.02 Å². The summed E-state index contributed by atoms with van der Waals surface area (Å²) in [6, 6.07) is 3.53. The number of esters is 1. The highest BCUT2D eigenvalue weighted by atomic mass is 35.5. The zero-order chi connectivity index (χ0) is 12.4. The number of carbonyl (C=O) groups is 1. The minimum Gasteiger partial charge on any atom is -0.464 e. The van der Waals surface area contributed by atoms with E-state index in [2.05, 4.69) is 9.72 Å². The van der Waals surface area contributed by atoms with E-state index < -0.39 is 5.97 Å². The number of methoxy groups -OCH3 is 1. The van der Waals surface area contributed by atoms with Gasteiger partial charge in [-0.1, -0.05) is 11.6 Å². The molecular weight excluding hydrogens is 260 g/mol. The van der Waals surface area contributed by atoms with Crippen molar-refractivity contribution in [1.29, 1.82) is 0 Å². The topological polar surface area (TPSA) is 65.2 Å². The van der Waals surface area contributed by atoms with E-state index >= 15 is 0 Å². The Morgan fingerprint density at radius 3 is 2.94 bits per heavy atom. The molecule has 88 valence electrons. The molecule has 0 saturated heterocycles. The fourth-order valence-electron chi connectivity index (χ4n) is 1.34. The van der Waals surface area contributed by atoms with Crippen LogP contribution in [0.5, 0.6) is 0 Å². The number of nitrogen functional groups attached to an aromatic ring is 1. The van der Waals surface area contributed by atoms with Crippen molar-refractivity contribution in [2.75, 3.05) is 12.8 Å². The maximum atomic E-state index is 11.5. The van der Waals surface area contributed by atoms with E-state index in [1.165, 1.54) is 18.4 Å². The molecule has 0 aromatic carbocycles. The molecule has 4 nitrogen and oxygen atoms in total. The molecule has 0 aliphatic carbocycles. The van der Waals surface area contributed by atoms with E-state index in [1.807, 2.05) is 16.8 Å². The molecule has 0 spiro atoms. The first-order chi connectivity index (χ1) is 8.13. The van der Waals surface area contributed by atoms with Gasteiger partial charge in [-0.15, -0.1) is 0 Å². The summed E-state index contributed by atoms with van der Waals surface area (Å²) in [4.78, 5) is 15.7. The van der Waals surface area contributed by atoms with Crippen molar-refractivity contribution in [3.63, 3.8) is 0 Å². The maximum Gasteiger partial charge on any atom is 0.358 e. The van der Waals surface area contributed by atoms with Gasteiger partial charge < -0.3 is 10.5 Å². The Morgan fingerprint density at radius 1 is 1.59 bits per heavy atom. The summed E-state index contributed by atoms with van der Waals surface area (Å²) in [6.07, 6.45) is 0. The lowest BCUT2D eigenvalue weighted by Crippen LogP contribution is -2.07. The molecule has 0 fully saturated rings. The Labute approximate surface area is 107 Å². The molecule has 0 atom stereocenters. The number of hydrogen-bond donors (Lipinski definition) is 1. The average molecular weight is 269 g/mol. The number of hydrogen-bond acceptors (Lipinski definition) is 5. The lowest BCUT2D eigenvalue weighted by atomic mass is 10.2. The number of anilines is 1. The van der Waals surface area contributed by atoms with Crippen LogP contribution in [0.25, 0.3) is 11.3 Å². The molecule has 2 aromatic heterocycles. The van der Waals surface area contributed by atoms with Crippen LogP contribution in [0.1, 0.15) is 10.5 Å². The molecule has 2 aromatic rings. The SMILES string of the molecule is COC(=O)c1nc(-c2ccsc2)cc(N)c1Cl. The lowest BCUT2D eigenvalue weighted by molar-refractivity contribution is 0.0594. The number of pyridine rings is 1. The van der Waals surface area contributed by atoms with Gasteiger partial charge in [-0.3, -0.25) is 0 Å². The molecular formula is C11H9ClN2O2S. The molecule has 0 aliphatic heterocycles. The number of ether oxygens (including phenoxy) is 1. The zero-order valence-electron chi connectivity index (χ0n) is 8.94. The standard InChI is InChI=1S/C11H9ClN2O2S/c1-16-11(15)10-9(12)7(13)4-8(14-10)6-2-3-17-5-6/h2-5H,1H3,(H2,13,14). The van der Waals surface area contributed by atoms with Crippen molar-refractivity contribution in [3.05, 3.63) is 33.6 Å². The van der Waals surface area contributed by atoms with E-state index in [4.69, 9.17) is 17.3 Å². The third kappa shape index (κ3) is 2.25. The van der Waals surface area contributed by atoms with Crippen LogP contribution in [-0.2, 0) is 4.74 Å². The highest BCUT2D eigenvalue weighted by Crippen LogP contribution is 2.29. The van der Waals surface area contributed by atoms with Crippen molar-refractivity contribution in [2.24, 2.45) is 0 Å². The number of halogens is 1. The Morgan fingerprint density at radius 2 is 2.35 bits per heavy atom. The highest BCUT2D eigenvalue weighted by molar-refractivity contribution is 7.08. The van der Waals surface area contributed by atoms with Crippen molar-refractivity contribution in [1.82, 2.24) is 4.98 Å². The Kier molecular flexibility index (Phi) is 3.31. The highest BCUT2D eigenvalue weighted by Gasteiger charge is 2.17. The molecule has 0 radical (unpaired) electrons. The quantitative estimate of drug-likeness (QED) is 0.851. The van der Waals surface area contributed by atoms with Crippen LogP contribution in [0, 0.1) is 0 Å². The first-order valence-electron chi connectivity index (χ1n) is 4.70. The van der Waals surface area contributed by atoms with Crippen LogP contribution in [0.4, 0.5) is 5.69 Å². The molecule has 2 N–H and O–H groups in total. The van der Waals surface area contributed by atoms with E-state index in [9.17, 15) is 4.79 Å². The number of carbonyl (C=O) groups excluding carboxylic acids is 1. The molecule has 0 aliphatic rings. The number of thiophene rings is 1. The zero-order valence-corrected chi connectivity index (χ0v) is 10.5. The predicted molar refractivity (Wildman–Crippen MR) is 68.3 cm³/mol. The van der Waals surface area contributed by atoms with E-state index in [-0.39, 0.29) is 10.7 Å². The second-order valence-electron chi connectivity index (χ2n) is 3.26. The molecule has 0 saturated carbocycles. The third-order valence-electron chi connectivity index (χ3n) is 2.18. The van der Waals surface area contributed by atoms with Gasteiger partial charge in [0.2, 0.25) is 0 Å². The minimum absolute atomic E-state index is 0.0374. The second kappa shape index (κ2) is 4.73. The normalized spacial score (nSPS) is 10.2. The lowest BCUT2D eigenvalue weighted by Gasteiger charge is -2.07. The van der Waals surface area contributed by atoms with Gasteiger partial charge in [0.25, 0.3) is 0 Å². The molecule has 0 unspecified atom stereocenters. The predicted octanol–water partition coefficient (Wildman–Crippen LogP) is 2.83. The summed E-state index contributed by atoms with van der Waals surface area (Å²) in [5, 5.41) is 3.95. The van der Waals surface area contributed by atoms with Crippen LogP contribution >= 0.6 is 22.9 Å². The van der Waals surface area contributed by atoms with Crippen LogP contribution in [0.3, 0.4) is 0 Å². The van der Waals surface area contributed by atoms with Crippen molar-refractivity contribution >= 4 is 34.6 Å². The summed E-state index contributed by atoms with van der Waals surface area (Å²) >= 11 is 7.45. The van der Waals surface area contributed by atoms with E-state index in [0.29, 0.717) is 11.4 Å². The van der Waals surface area contributed by atoms with Crippen molar-refractivity contribution in [2.45, 2.75) is 0 Å². The number of nitrogens with two attached hydrogens (primary N) is 1. The van der Waals surface area contributed by atoms with Crippen LogP contribution < -0.4 is 5.73 Å². The van der Waals surface area contributed by atoms with Gasteiger partial charge in [-0.05, 0) is 17.5 Å². The van der Waals surface area contributed by atoms with Crippen molar-refractivity contribution in [3.8, 4) is 11.3 Å². The maximum absolute atomic E-state index is 11.5. The Hall–Kier alpha value is -1.59. The summed E-state index contributed by atoms with van der Waals surface area (Å²) in [6.45, 7) is 0. The smallest absolute Gasteiger partial charge is 0.358 e. The summed E-state index contributed by atoms with van der Waals surface area (Å²) in [5.74, 6) is -0.598. The summed E-state index contributed by atoms with van der Waals surface area (Å²) < 4.78 is 4.61. The van der Waals surface area contributed by atoms with Crippen LogP contribution in [0.15, 0.2) is 22.9 Å².